The Kier molecular flexibility index (Phi) is 5.33. The molecule has 1 aliphatic carbocycles. The molecule has 3 rings (SSSR count). The van der Waals surface area contributed by atoms with E-state index in [1.54, 1.807) is 12.1 Å². The Morgan fingerprint density at radius 2 is 1.44 bits per heavy atom. The van der Waals surface area contributed by atoms with Crippen molar-refractivity contribution in [3.05, 3.63) is 76.9 Å². The quantitative estimate of drug-likeness (QED) is 0.247. The molecule has 13 heteroatoms. The molecular formula is C19H9N5O8. The Hall–Kier alpha value is -5.17. The Morgan fingerprint density at radius 3 is 1.91 bits per heavy atom. The number of ether oxygens (including phenoxy) is 1. The summed E-state index contributed by atoms with van der Waals surface area (Å²) in [5.74, 6) is -1.04. The van der Waals surface area contributed by atoms with Crippen molar-refractivity contribution in [3.63, 3.8) is 0 Å². The van der Waals surface area contributed by atoms with Gasteiger partial charge in [-0.1, -0.05) is 0 Å². The molecule has 1 aliphatic rings. The summed E-state index contributed by atoms with van der Waals surface area (Å²) in [5, 5.41) is 53.4. The van der Waals surface area contributed by atoms with Gasteiger partial charge in [0.2, 0.25) is 0 Å². The van der Waals surface area contributed by atoms with Crippen LogP contribution in [0.25, 0.3) is 16.7 Å². The summed E-state index contributed by atoms with van der Waals surface area (Å²) in [4.78, 5) is 44.5. The summed E-state index contributed by atoms with van der Waals surface area (Å²) in [6.07, 6.45) is 0. The van der Waals surface area contributed by atoms with Crippen LogP contribution in [0.3, 0.4) is 0 Å². The third kappa shape index (κ3) is 3.25. The number of hydrogen-bond acceptors (Lipinski definition) is 10. The highest BCUT2D eigenvalue weighted by Gasteiger charge is 2.40. The van der Waals surface area contributed by atoms with Gasteiger partial charge in [-0.2, -0.15) is 10.5 Å². The first-order valence-electron chi connectivity index (χ1n) is 8.68. The summed E-state index contributed by atoms with van der Waals surface area (Å²) < 4.78 is 4.93. The molecule has 0 spiro atoms. The first-order valence-corrected chi connectivity index (χ1v) is 8.68. The van der Waals surface area contributed by atoms with Crippen LogP contribution in [0.5, 0.6) is 0 Å². The van der Waals surface area contributed by atoms with Gasteiger partial charge in [0.25, 0.3) is 17.1 Å². The predicted molar refractivity (Wildman–Crippen MR) is 105 cm³/mol. The summed E-state index contributed by atoms with van der Waals surface area (Å²) >= 11 is 0. The van der Waals surface area contributed by atoms with Crippen LogP contribution in [0.4, 0.5) is 17.1 Å². The molecular weight excluding hydrogens is 426 g/mol. The highest BCUT2D eigenvalue weighted by Crippen LogP contribution is 2.53. The van der Waals surface area contributed by atoms with E-state index in [-0.39, 0.29) is 34.4 Å². The monoisotopic (exact) mass is 435 g/mol. The lowest BCUT2D eigenvalue weighted by Crippen LogP contribution is -2.08. The van der Waals surface area contributed by atoms with E-state index < -0.39 is 48.9 Å². The smallest absolute Gasteiger partial charge is 0.339 e. The van der Waals surface area contributed by atoms with Crippen molar-refractivity contribution >= 4 is 28.6 Å². The van der Waals surface area contributed by atoms with Crippen molar-refractivity contribution in [2.24, 2.45) is 0 Å². The van der Waals surface area contributed by atoms with Crippen molar-refractivity contribution in [1.82, 2.24) is 0 Å². The lowest BCUT2D eigenvalue weighted by atomic mass is 9.96. The second kappa shape index (κ2) is 7.92. The van der Waals surface area contributed by atoms with Gasteiger partial charge in [-0.15, -0.1) is 0 Å². The molecule has 0 fully saturated rings. The molecule has 32 heavy (non-hydrogen) atoms. The molecule has 2 aromatic rings. The van der Waals surface area contributed by atoms with E-state index >= 15 is 0 Å². The molecule has 0 amide bonds. The molecule has 0 atom stereocenters. The normalized spacial score (nSPS) is 10.9. The number of carbonyl (C=O) groups excluding carboxylic acids is 1. The van der Waals surface area contributed by atoms with Gasteiger partial charge in [0, 0.05) is 40.5 Å². The molecule has 13 nitrogen and oxygen atoms in total. The van der Waals surface area contributed by atoms with Crippen LogP contribution in [-0.4, -0.2) is 27.3 Å². The lowest BCUT2D eigenvalue weighted by Gasteiger charge is -2.09. The number of esters is 1. The van der Waals surface area contributed by atoms with Gasteiger partial charge < -0.3 is 4.74 Å². The lowest BCUT2D eigenvalue weighted by molar-refractivity contribution is -0.393. The molecule has 0 unspecified atom stereocenters. The van der Waals surface area contributed by atoms with Crippen LogP contribution in [0.1, 0.15) is 28.4 Å². The van der Waals surface area contributed by atoms with Gasteiger partial charge in [0.05, 0.1) is 38.6 Å². The van der Waals surface area contributed by atoms with E-state index in [4.69, 9.17) is 4.74 Å². The Labute approximate surface area is 177 Å². The average Bonchev–Trinajstić information content (AvgIpc) is 3.07. The minimum Gasteiger partial charge on any atom is -0.462 e. The number of carbonyl (C=O) groups is 1. The Bertz CT molecular complexity index is 1350. The number of benzene rings is 2. The largest absolute Gasteiger partial charge is 0.462 e. The first kappa shape index (κ1) is 21.5. The number of nitrogens with zero attached hydrogens (tertiary/aromatic N) is 5. The van der Waals surface area contributed by atoms with E-state index in [1.165, 1.54) is 6.92 Å². The van der Waals surface area contributed by atoms with Gasteiger partial charge in [-0.25, -0.2) is 4.79 Å². The molecule has 0 radical (unpaired) electrons. The minimum absolute atomic E-state index is 0.115. The van der Waals surface area contributed by atoms with Crippen LogP contribution in [-0.2, 0) is 4.74 Å². The highest BCUT2D eigenvalue weighted by molar-refractivity contribution is 6.13. The van der Waals surface area contributed by atoms with Gasteiger partial charge in [0.1, 0.15) is 17.7 Å². The zero-order valence-corrected chi connectivity index (χ0v) is 16.0. The number of nitriles is 2. The fraction of sp³-hybridized carbons (Fsp3) is 0.105. The molecule has 158 valence electrons. The summed E-state index contributed by atoms with van der Waals surface area (Å²) in [6, 6.07) is 6.55. The maximum absolute atomic E-state index is 12.6. The van der Waals surface area contributed by atoms with E-state index in [9.17, 15) is 45.7 Å². The Morgan fingerprint density at radius 1 is 0.906 bits per heavy atom. The van der Waals surface area contributed by atoms with Crippen molar-refractivity contribution in [3.8, 4) is 23.3 Å². The molecule has 0 bridgehead atoms. The second-order valence-electron chi connectivity index (χ2n) is 6.27. The van der Waals surface area contributed by atoms with Crippen LogP contribution < -0.4 is 0 Å². The van der Waals surface area contributed by atoms with E-state index in [0.717, 1.165) is 18.2 Å². The molecule has 0 heterocycles. The molecule has 2 aromatic carbocycles. The average molecular weight is 435 g/mol. The van der Waals surface area contributed by atoms with Gasteiger partial charge in [0.15, 0.2) is 0 Å². The number of allylic oxidation sites excluding steroid dienone is 1. The summed E-state index contributed by atoms with van der Waals surface area (Å²) in [7, 11) is 0. The van der Waals surface area contributed by atoms with E-state index in [1.807, 2.05) is 0 Å². The third-order valence-corrected chi connectivity index (χ3v) is 4.60. The maximum Gasteiger partial charge on any atom is 0.339 e. The number of non-ortho nitro benzene ring substituents is 2. The second-order valence-corrected chi connectivity index (χ2v) is 6.27. The molecule has 0 saturated heterocycles. The summed E-state index contributed by atoms with van der Waals surface area (Å²) in [6.45, 7) is 1.36. The SMILES string of the molecule is CCOC(=O)c1cc([N+](=O)[O-])cc2c1-c1c(cc([N+](=O)[O-])cc1[N+](=O)[O-])C2=C(C#N)C#N. The molecule has 0 N–H and O–H groups in total. The summed E-state index contributed by atoms with van der Waals surface area (Å²) in [5.41, 5.74) is -4.32. The topological polar surface area (TPSA) is 203 Å². The number of nitro benzene ring substituents is 3. The number of fused-ring (bicyclic) bond motifs is 3. The highest BCUT2D eigenvalue weighted by atomic mass is 16.6. The van der Waals surface area contributed by atoms with E-state index in [0.29, 0.717) is 6.07 Å². The van der Waals surface area contributed by atoms with Crippen molar-refractivity contribution in [2.75, 3.05) is 6.61 Å². The molecule has 0 aliphatic heterocycles. The zero-order chi connectivity index (χ0) is 23.7. The van der Waals surface area contributed by atoms with Crippen LogP contribution in [0.15, 0.2) is 29.8 Å². The van der Waals surface area contributed by atoms with Gasteiger partial charge in [-0.05, 0) is 6.92 Å². The van der Waals surface area contributed by atoms with Crippen LogP contribution in [0, 0.1) is 53.0 Å². The maximum atomic E-state index is 12.6. The predicted octanol–water partition coefficient (Wildman–Crippen LogP) is 3.42. The minimum atomic E-state index is -1.04. The van der Waals surface area contributed by atoms with Crippen molar-refractivity contribution < 1.29 is 24.3 Å². The van der Waals surface area contributed by atoms with E-state index in [2.05, 4.69) is 0 Å². The fourth-order valence-corrected chi connectivity index (χ4v) is 3.44. The van der Waals surface area contributed by atoms with Crippen molar-refractivity contribution in [2.45, 2.75) is 6.92 Å². The standard InChI is InChI=1S/C19H9N5O8/c1-2-32-19(25)14-5-10(22(26)27)3-12-16(9(7-20)8-21)13-4-11(23(28)29)6-15(24(30)31)18(13)17(12)14/h3-6H,2H2,1H3. The van der Waals surface area contributed by atoms with Crippen LogP contribution in [0.2, 0.25) is 0 Å². The first-order chi connectivity index (χ1) is 15.2. The van der Waals surface area contributed by atoms with Crippen LogP contribution >= 0.6 is 0 Å². The molecule has 0 aromatic heterocycles. The third-order valence-electron chi connectivity index (χ3n) is 4.60. The number of nitro groups is 3. The van der Waals surface area contributed by atoms with Gasteiger partial charge >= 0.3 is 5.97 Å². The fourth-order valence-electron chi connectivity index (χ4n) is 3.44. The van der Waals surface area contributed by atoms with Gasteiger partial charge in [-0.3, -0.25) is 30.3 Å². The number of rotatable bonds is 5. The zero-order valence-electron chi connectivity index (χ0n) is 16.0. The number of hydrogen-bond donors (Lipinski definition) is 0. The molecule has 0 saturated carbocycles. The van der Waals surface area contributed by atoms with Crippen molar-refractivity contribution in [1.29, 1.82) is 10.5 Å². The Balaban J connectivity index is 2.63.